The number of nitrogens with zero attached hydrogens (tertiary/aromatic N) is 2. The van der Waals surface area contributed by atoms with Crippen molar-refractivity contribution in [3.05, 3.63) is 83.9 Å². The maximum atomic E-state index is 14.2. The van der Waals surface area contributed by atoms with Crippen molar-refractivity contribution in [1.82, 2.24) is 5.32 Å². The number of para-hydroxylation sites is 3. The summed E-state index contributed by atoms with van der Waals surface area (Å²) < 4.78 is 34.2. The third kappa shape index (κ3) is 9.51. The number of ether oxygens (including phenoxy) is 1. The molecule has 1 unspecified atom stereocenters. The average molecular weight is 611 g/mol. The molecule has 0 heterocycles. The van der Waals surface area contributed by atoms with E-state index < -0.39 is 47.7 Å². The highest BCUT2D eigenvalue weighted by Crippen LogP contribution is 2.30. The lowest BCUT2D eigenvalue weighted by molar-refractivity contribution is -0.136. The molecule has 0 spiro atoms. The number of carbonyl (C=O) groups is 4. The van der Waals surface area contributed by atoms with Crippen molar-refractivity contribution in [2.24, 2.45) is 5.92 Å². The minimum atomic E-state index is -1.01. The number of urea groups is 1. The predicted molar refractivity (Wildman–Crippen MR) is 163 cm³/mol. The molecule has 3 N–H and O–H groups in total. The van der Waals surface area contributed by atoms with Crippen molar-refractivity contribution in [2.75, 3.05) is 41.9 Å². The van der Waals surface area contributed by atoms with Gasteiger partial charge in [0.05, 0.1) is 18.7 Å². The summed E-state index contributed by atoms with van der Waals surface area (Å²) in [5, 5.41) is 14.1. The van der Waals surface area contributed by atoms with Crippen LogP contribution in [0.25, 0.3) is 0 Å². The number of halogens is 2. The normalized spacial score (nSPS) is 11.3. The second kappa shape index (κ2) is 16.0. The van der Waals surface area contributed by atoms with Gasteiger partial charge in [-0.3, -0.25) is 14.4 Å². The van der Waals surface area contributed by atoms with Gasteiger partial charge in [-0.15, -0.1) is 0 Å². The maximum Gasteiger partial charge on any atom is 0.319 e. The molecule has 0 saturated carbocycles. The lowest BCUT2D eigenvalue weighted by Gasteiger charge is -2.27. The second-order valence-corrected chi connectivity index (χ2v) is 10.2. The first-order valence-corrected chi connectivity index (χ1v) is 14.1. The number of anilines is 3. The summed E-state index contributed by atoms with van der Waals surface area (Å²) in [6.07, 6.45) is 1.33. The smallest absolute Gasteiger partial charge is 0.319 e. The van der Waals surface area contributed by atoms with Crippen LogP contribution in [0.5, 0.6) is 5.75 Å². The lowest BCUT2D eigenvalue weighted by Crippen LogP contribution is -2.42. The third-order valence-corrected chi connectivity index (χ3v) is 6.94. The number of carbonyl (C=O) groups excluding carboxylic acids is 3. The summed E-state index contributed by atoms with van der Waals surface area (Å²) in [6.45, 7) is 3.44. The van der Waals surface area contributed by atoms with E-state index in [-0.39, 0.29) is 18.7 Å². The van der Waals surface area contributed by atoms with Gasteiger partial charge in [-0.05, 0) is 54.3 Å². The van der Waals surface area contributed by atoms with Crippen LogP contribution >= 0.6 is 0 Å². The fraction of sp³-hybridized carbons (Fsp3) is 0.312. The number of hydrogen-bond donors (Lipinski definition) is 3. The molecule has 10 nitrogen and oxygen atoms in total. The Kier molecular flexibility index (Phi) is 12.2. The van der Waals surface area contributed by atoms with E-state index in [1.54, 1.807) is 42.5 Å². The Hall–Kier alpha value is -5.00. The SMILES string of the molecule is CCC(C)CCN(C(=O)CNC(=O)Nc1cccc(CC(=O)O)c1)c1ccccc1OCC(=O)N(C)c1c(F)cccc1F. The summed E-state index contributed by atoms with van der Waals surface area (Å²) in [6, 6.07) is 15.6. The van der Waals surface area contributed by atoms with Gasteiger partial charge in [-0.1, -0.05) is 50.6 Å². The van der Waals surface area contributed by atoms with Crippen molar-refractivity contribution in [3.8, 4) is 5.75 Å². The van der Waals surface area contributed by atoms with Gasteiger partial charge in [-0.2, -0.15) is 0 Å². The molecule has 0 bridgehead atoms. The van der Waals surface area contributed by atoms with Crippen LogP contribution in [-0.2, 0) is 20.8 Å². The molecule has 0 saturated heterocycles. The fourth-order valence-corrected chi connectivity index (χ4v) is 4.27. The molecule has 0 fully saturated rings. The van der Waals surface area contributed by atoms with Gasteiger partial charge >= 0.3 is 12.0 Å². The van der Waals surface area contributed by atoms with E-state index in [4.69, 9.17) is 9.84 Å². The zero-order valence-electron chi connectivity index (χ0n) is 24.8. The van der Waals surface area contributed by atoms with Crippen LogP contribution in [0.4, 0.5) is 30.6 Å². The van der Waals surface area contributed by atoms with Crippen molar-refractivity contribution in [2.45, 2.75) is 33.1 Å². The Bertz CT molecular complexity index is 1460. The van der Waals surface area contributed by atoms with Gasteiger partial charge < -0.3 is 30.3 Å². The van der Waals surface area contributed by atoms with Gasteiger partial charge in [0, 0.05) is 19.3 Å². The number of amides is 4. The molecule has 44 heavy (non-hydrogen) atoms. The maximum absolute atomic E-state index is 14.2. The molecular weight excluding hydrogens is 574 g/mol. The zero-order chi connectivity index (χ0) is 32.2. The molecule has 0 radical (unpaired) electrons. The van der Waals surface area contributed by atoms with Crippen LogP contribution in [0.1, 0.15) is 32.3 Å². The Morgan fingerprint density at radius 3 is 2.32 bits per heavy atom. The molecule has 0 aliphatic rings. The van der Waals surface area contributed by atoms with E-state index >= 15 is 0 Å². The molecule has 1 atom stereocenters. The van der Waals surface area contributed by atoms with E-state index in [0.29, 0.717) is 35.8 Å². The quantitative estimate of drug-likeness (QED) is 0.230. The number of nitrogens with one attached hydrogen (secondary N) is 2. The number of likely N-dealkylation sites (N-methyl/N-ethyl adjacent to an activating group) is 1. The van der Waals surface area contributed by atoms with Gasteiger partial charge in [0.2, 0.25) is 5.91 Å². The number of carboxylic acids is 1. The van der Waals surface area contributed by atoms with Crippen LogP contribution in [-0.4, -0.2) is 55.7 Å². The molecule has 4 amide bonds. The largest absolute Gasteiger partial charge is 0.482 e. The minimum absolute atomic E-state index is 0.195. The van der Waals surface area contributed by atoms with Crippen molar-refractivity contribution in [3.63, 3.8) is 0 Å². The fourth-order valence-electron chi connectivity index (χ4n) is 4.27. The summed E-state index contributed by atoms with van der Waals surface area (Å²) in [5.41, 5.74) is 0.725. The Morgan fingerprint density at radius 2 is 1.64 bits per heavy atom. The van der Waals surface area contributed by atoms with Crippen LogP contribution in [0.2, 0.25) is 0 Å². The van der Waals surface area contributed by atoms with E-state index in [1.807, 2.05) is 13.8 Å². The molecule has 3 rings (SSSR count). The van der Waals surface area contributed by atoms with Crippen molar-refractivity contribution >= 4 is 40.9 Å². The monoisotopic (exact) mass is 610 g/mol. The molecule has 0 aliphatic carbocycles. The molecule has 0 aliphatic heterocycles. The number of benzene rings is 3. The first-order chi connectivity index (χ1) is 21.0. The highest BCUT2D eigenvalue weighted by atomic mass is 19.1. The van der Waals surface area contributed by atoms with E-state index in [0.717, 1.165) is 23.5 Å². The van der Waals surface area contributed by atoms with Crippen LogP contribution in [0.15, 0.2) is 66.7 Å². The van der Waals surface area contributed by atoms with E-state index in [1.165, 1.54) is 24.1 Å². The molecule has 3 aromatic carbocycles. The average Bonchev–Trinajstić information content (AvgIpc) is 2.98. The van der Waals surface area contributed by atoms with E-state index in [9.17, 15) is 28.0 Å². The Labute approximate surface area is 254 Å². The van der Waals surface area contributed by atoms with Crippen LogP contribution in [0.3, 0.4) is 0 Å². The molecule has 3 aromatic rings. The number of rotatable bonds is 14. The Balaban J connectivity index is 1.72. The molecule has 0 aromatic heterocycles. The van der Waals surface area contributed by atoms with E-state index in [2.05, 4.69) is 10.6 Å². The van der Waals surface area contributed by atoms with Gasteiger partial charge in [0.15, 0.2) is 6.61 Å². The highest BCUT2D eigenvalue weighted by Gasteiger charge is 2.23. The minimum Gasteiger partial charge on any atom is -0.482 e. The van der Waals surface area contributed by atoms with Gasteiger partial charge in [-0.25, -0.2) is 13.6 Å². The summed E-state index contributed by atoms with van der Waals surface area (Å²) in [7, 11) is 1.24. The van der Waals surface area contributed by atoms with Gasteiger partial charge in [0.1, 0.15) is 23.1 Å². The molecule has 234 valence electrons. The first kappa shape index (κ1) is 33.5. The van der Waals surface area contributed by atoms with Crippen LogP contribution in [0, 0.1) is 17.6 Å². The lowest BCUT2D eigenvalue weighted by atomic mass is 10.0. The molecule has 12 heteroatoms. The summed E-state index contributed by atoms with van der Waals surface area (Å²) in [4.78, 5) is 52.1. The summed E-state index contributed by atoms with van der Waals surface area (Å²) in [5.74, 6) is -3.48. The van der Waals surface area contributed by atoms with Crippen molar-refractivity contribution < 1.29 is 37.8 Å². The topological polar surface area (TPSA) is 128 Å². The predicted octanol–water partition coefficient (Wildman–Crippen LogP) is 5.22. The first-order valence-electron chi connectivity index (χ1n) is 14.1. The highest BCUT2D eigenvalue weighted by molar-refractivity contribution is 5.99. The Morgan fingerprint density at radius 1 is 0.955 bits per heavy atom. The zero-order valence-corrected chi connectivity index (χ0v) is 24.8. The van der Waals surface area contributed by atoms with Crippen LogP contribution < -0.4 is 25.2 Å². The third-order valence-electron chi connectivity index (χ3n) is 6.94. The van der Waals surface area contributed by atoms with Gasteiger partial charge in [0.25, 0.3) is 5.91 Å². The van der Waals surface area contributed by atoms with Crippen molar-refractivity contribution in [1.29, 1.82) is 0 Å². The number of carboxylic acid groups (broad SMARTS) is 1. The number of aliphatic carboxylic acids is 1. The molecular formula is C32H36F2N4O6. The summed E-state index contributed by atoms with van der Waals surface area (Å²) >= 11 is 0. The standard InChI is InChI=1S/C32H36F2N4O6/c1-4-21(2)15-16-38(28(39)19-35-32(43)36-23-10-7-9-22(17-23)18-30(41)42)26-13-5-6-14-27(26)44-20-29(40)37(3)31-24(33)11-8-12-25(31)34/h5-14,17,21H,4,15-16,18-20H2,1-3H3,(H,41,42)(H2,35,36,43). The number of hydrogen-bond acceptors (Lipinski definition) is 5. The second-order valence-electron chi connectivity index (χ2n) is 10.2.